The van der Waals surface area contributed by atoms with Gasteiger partial charge in [-0.25, -0.2) is 9.37 Å². The van der Waals surface area contributed by atoms with Crippen LogP contribution in [0.2, 0.25) is 0 Å². The van der Waals surface area contributed by atoms with Gasteiger partial charge in [0.25, 0.3) is 0 Å². The molecule has 1 fully saturated rings. The minimum atomic E-state index is -0.226. The van der Waals surface area contributed by atoms with E-state index in [1.54, 1.807) is 23.5 Å². The standard InChI is InChI=1S/C13H13FN2OS/c14-11-4-2-1-3-10(11)12-9-18-13(15-12)16-5-7-17-8-6-16/h1-4,9H,5-8H2. The molecule has 1 saturated heterocycles. The van der Waals surface area contributed by atoms with Gasteiger partial charge in [0, 0.05) is 24.0 Å². The lowest BCUT2D eigenvalue weighted by Crippen LogP contribution is -2.36. The number of aromatic nitrogens is 1. The summed E-state index contributed by atoms with van der Waals surface area (Å²) in [5.41, 5.74) is 1.27. The van der Waals surface area contributed by atoms with Crippen LogP contribution in [-0.2, 0) is 4.74 Å². The van der Waals surface area contributed by atoms with E-state index < -0.39 is 0 Å². The maximum atomic E-state index is 13.7. The van der Waals surface area contributed by atoms with E-state index in [4.69, 9.17) is 4.74 Å². The molecule has 2 aromatic rings. The molecule has 5 heteroatoms. The number of benzene rings is 1. The predicted molar refractivity (Wildman–Crippen MR) is 70.5 cm³/mol. The van der Waals surface area contributed by atoms with Crippen molar-refractivity contribution in [3.05, 3.63) is 35.5 Å². The summed E-state index contributed by atoms with van der Waals surface area (Å²) in [4.78, 5) is 6.69. The first-order valence-electron chi connectivity index (χ1n) is 5.88. The second kappa shape index (κ2) is 5.04. The van der Waals surface area contributed by atoms with Crippen molar-refractivity contribution in [3.8, 4) is 11.3 Å². The highest BCUT2D eigenvalue weighted by Gasteiger charge is 2.16. The number of thiazole rings is 1. The lowest BCUT2D eigenvalue weighted by molar-refractivity contribution is 0.122. The molecule has 0 unspecified atom stereocenters. The first-order valence-corrected chi connectivity index (χ1v) is 6.76. The second-order valence-electron chi connectivity index (χ2n) is 4.09. The Morgan fingerprint density at radius 3 is 2.78 bits per heavy atom. The Labute approximate surface area is 109 Å². The van der Waals surface area contributed by atoms with E-state index in [9.17, 15) is 4.39 Å². The Morgan fingerprint density at radius 2 is 2.00 bits per heavy atom. The van der Waals surface area contributed by atoms with Crippen molar-refractivity contribution < 1.29 is 9.13 Å². The molecule has 94 valence electrons. The monoisotopic (exact) mass is 264 g/mol. The summed E-state index contributed by atoms with van der Waals surface area (Å²) in [6, 6.07) is 6.73. The predicted octanol–water partition coefficient (Wildman–Crippen LogP) is 2.79. The quantitative estimate of drug-likeness (QED) is 0.834. The van der Waals surface area contributed by atoms with Gasteiger partial charge >= 0.3 is 0 Å². The van der Waals surface area contributed by atoms with Crippen molar-refractivity contribution in [2.45, 2.75) is 0 Å². The highest BCUT2D eigenvalue weighted by molar-refractivity contribution is 7.14. The molecule has 0 N–H and O–H groups in total. The maximum absolute atomic E-state index is 13.7. The molecule has 0 amide bonds. The molecule has 0 radical (unpaired) electrons. The van der Waals surface area contributed by atoms with E-state index in [0.717, 1.165) is 31.4 Å². The van der Waals surface area contributed by atoms with Crippen LogP contribution >= 0.6 is 11.3 Å². The summed E-state index contributed by atoms with van der Waals surface area (Å²) in [5, 5.41) is 2.85. The fourth-order valence-electron chi connectivity index (χ4n) is 1.96. The van der Waals surface area contributed by atoms with Crippen LogP contribution < -0.4 is 4.90 Å². The molecule has 0 saturated carbocycles. The molecular formula is C13H13FN2OS. The van der Waals surface area contributed by atoms with Crippen LogP contribution in [0.3, 0.4) is 0 Å². The van der Waals surface area contributed by atoms with Gasteiger partial charge in [0.1, 0.15) is 5.82 Å². The van der Waals surface area contributed by atoms with Crippen molar-refractivity contribution in [3.63, 3.8) is 0 Å². The third kappa shape index (κ3) is 2.23. The maximum Gasteiger partial charge on any atom is 0.186 e. The minimum Gasteiger partial charge on any atom is -0.378 e. The van der Waals surface area contributed by atoms with Crippen LogP contribution in [0.5, 0.6) is 0 Å². The average Bonchev–Trinajstić information content (AvgIpc) is 2.90. The van der Waals surface area contributed by atoms with Gasteiger partial charge in [-0.2, -0.15) is 0 Å². The fourth-order valence-corrected chi connectivity index (χ4v) is 2.84. The minimum absolute atomic E-state index is 0.226. The molecule has 0 bridgehead atoms. The van der Waals surface area contributed by atoms with E-state index in [1.807, 2.05) is 11.4 Å². The Morgan fingerprint density at radius 1 is 1.22 bits per heavy atom. The number of anilines is 1. The summed E-state index contributed by atoms with van der Waals surface area (Å²) in [7, 11) is 0. The third-order valence-corrected chi connectivity index (χ3v) is 3.82. The van der Waals surface area contributed by atoms with Gasteiger partial charge in [-0.05, 0) is 12.1 Å². The summed E-state index contributed by atoms with van der Waals surface area (Å²) >= 11 is 1.55. The van der Waals surface area contributed by atoms with Crippen LogP contribution in [0.4, 0.5) is 9.52 Å². The Balaban J connectivity index is 1.87. The van der Waals surface area contributed by atoms with E-state index >= 15 is 0 Å². The smallest absolute Gasteiger partial charge is 0.186 e. The summed E-state index contributed by atoms with van der Waals surface area (Å²) < 4.78 is 19.0. The molecule has 1 aromatic heterocycles. The molecule has 1 aliphatic heterocycles. The second-order valence-corrected chi connectivity index (χ2v) is 4.93. The Bertz CT molecular complexity index is 537. The summed E-state index contributed by atoms with van der Waals surface area (Å²) in [5.74, 6) is -0.226. The fraction of sp³-hybridized carbons (Fsp3) is 0.308. The highest BCUT2D eigenvalue weighted by atomic mass is 32.1. The Kier molecular flexibility index (Phi) is 3.25. The normalized spacial score (nSPS) is 15.9. The first kappa shape index (κ1) is 11.6. The summed E-state index contributed by atoms with van der Waals surface area (Å²) in [6.07, 6.45) is 0. The molecular weight excluding hydrogens is 251 g/mol. The van der Waals surface area contributed by atoms with Crippen molar-refractivity contribution in [2.24, 2.45) is 0 Å². The number of morpholine rings is 1. The van der Waals surface area contributed by atoms with Crippen molar-refractivity contribution >= 4 is 16.5 Å². The molecule has 0 aliphatic carbocycles. The van der Waals surface area contributed by atoms with Gasteiger partial charge in [0.05, 0.1) is 18.9 Å². The van der Waals surface area contributed by atoms with Crippen LogP contribution in [0, 0.1) is 5.82 Å². The van der Waals surface area contributed by atoms with Gasteiger partial charge < -0.3 is 9.64 Å². The van der Waals surface area contributed by atoms with Crippen molar-refractivity contribution in [1.82, 2.24) is 4.98 Å². The van der Waals surface area contributed by atoms with Crippen LogP contribution in [-0.4, -0.2) is 31.3 Å². The molecule has 3 rings (SSSR count). The van der Waals surface area contributed by atoms with Crippen LogP contribution in [0.15, 0.2) is 29.6 Å². The van der Waals surface area contributed by atoms with Crippen molar-refractivity contribution in [1.29, 1.82) is 0 Å². The molecule has 0 atom stereocenters. The number of hydrogen-bond acceptors (Lipinski definition) is 4. The Hall–Kier alpha value is -1.46. The van der Waals surface area contributed by atoms with Crippen LogP contribution in [0.25, 0.3) is 11.3 Å². The van der Waals surface area contributed by atoms with Gasteiger partial charge in [-0.1, -0.05) is 12.1 Å². The van der Waals surface area contributed by atoms with E-state index in [-0.39, 0.29) is 5.82 Å². The average molecular weight is 264 g/mol. The van der Waals surface area contributed by atoms with E-state index in [0.29, 0.717) is 11.3 Å². The van der Waals surface area contributed by atoms with Gasteiger partial charge in [-0.15, -0.1) is 11.3 Å². The topological polar surface area (TPSA) is 25.4 Å². The number of halogens is 1. The summed E-state index contributed by atoms with van der Waals surface area (Å²) in [6.45, 7) is 3.16. The van der Waals surface area contributed by atoms with E-state index in [1.165, 1.54) is 6.07 Å². The molecule has 1 aliphatic rings. The SMILES string of the molecule is Fc1ccccc1-c1csc(N2CCOCC2)n1. The van der Waals surface area contributed by atoms with E-state index in [2.05, 4.69) is 9.88 Å². The lowest BCUT2D eigenvalue weighted by Gasteiger charge is -2.26. The molecule has 2 heterocycles. The third-order valence-electron chi connectivity index (χ3n) is 2.92. The molecule has 3 nitrogen and oxygen atoms in total. The van der Waals surface area contributed by atoms with Gasteiger partial charge in [-0.3, -0.25) is 0 Å². The highest BCUT2D eigenvalue weighted by Crippen LogP contribution is 2.29. The zero-order valence-electron chi connectivity index (χ0n) is 9.80. The molecule has 0 spiro atoms. The molecule has 18 heavy (non-hydrogen) atoms. The van der Waals surface area contributed by atoms with Gasteiger partial charge in [0.2, 0.25) is 0 Å². The largest absolute Gasteiger partial charge is 0.378 e. The molecule has 1 aromatic carbocycles. The van der Waals surface area contributed by atoms with Crippen LogP contribution in [0.1, 0.15) is 0 Å². The zero-order valence-corrected chi connectivity index (χ0v) is 10.6. The number of hydrogen-bond donors (Lipinski definition) is 0. The lowest BCUT2D eigenvalue weighted by atomic mass is 10.2. The number of ether oxygens (including phenoxy) is 1. The number of nitrogens with zero attached hydrogens (tertiary/aromatic N) is 2. The first-order chi connectivity index (χ1) is 8.84. The van der Waals surface area contributed by atoms with Crippen molar-refractivity contribution in [2.75, 3.05) is 31.2 Å². The number of rotatable bonds is 2. The van der Waals surface area contributed by atoms with Gasteiger partial charge in [0.15, 0.2) is 5.13 Å². The zero-order chi connectivity index (χ0) is 12.4.